The van der Waals surface area contributed by atoms with Crippen molar-refractivity contribution >= 4 is 23.2 Å². The number of aromatic nitrogens is 3. The molecular weight excluding hydrogens is 350 g/mol. The molecule has 1 atom stereocenters. The second-order valence-corrected chi connectivity index (χ2v) is 6.25. The van der Waals surface area contributed by atoms with E-state index in [0.717, 1.165) is 11.1 Å². The second-order valence-electron chi connectivity index (χ2n) is 5.40. The van der Waals surface area contributed by atoms with Gasteiger partial charge in [-0.1, -0.05) is 41.4 Å². The highest BCUT2D eigenvalue weighted by atomic mass is 35.5. The lowest BCUT2D eigenvalue weighted by atomic mass is 9.98. The monoisotopic (exact) mass is 364 g/mol. The Hall–Kier alpha value is -2.11. The molecule has 4 nitrogen and oxygen atoms in total. The first-order valence-corrected chi connectivity index (χ1v) is 8.07. The Morgan fingerprint density at radius 3 is 2.54 bits per heavy atom. The van der Waals surface area contributed by atoms with Gasteiger partial charge in [0.05, 0.1) is 6.04 Å². The summed E-state index contributed by atoms with van der Waals surface area (Å²) < 4.78 is 13.2. The van der Waals surface area contributed by atoms with Gasteiger partial charge in [0.2, 0.25) is 0 Å². The number of hydrogen-bond acceptors (Lipinski definition) is 3. The van der Waals surface area contributed by atoms with Gasteiger partial charge in [0.25, 0.3) is 0 Å². The first kappa shape index (κ1) is 16.7. The van der Waals surface area contributed by atoms with Crippen molar-refractivity contribution in [1.82, 2.24) is 14.9 Å². The highest BCUT2D eigenvalue weighted by Gasteiger charge is 2.21. The summed E-state index contributed by atoms with van der Waals surface area (Å²) in [5.41, 5.74) is 1.89. The third kappa shape index (κ3) is 3.68. The van der Waals surface area contributed by atoms with Crippen LogP contribution in [0.5, 0.6) is 0 Å². The van der Waals surface area contributed by atoms with Crippen molar-refractivity contribution in [3.8, 4) is 0 Å². The zero-order chi connectivity index (χ0) is 17.1. The third-order valence-corrected chi connectivity index (χ3v) is 4.41. The minimum absolute atomic E-state index is 0.123. The lowest BCUT2D eigenvalue weighted by molar-refractivity contribution is 0.483. The van der Waals surface area contributed by atoms with E-state index in [-0.39, 0.29) is 11.9 Å². The molecule has 7 heteroatoms. The van der Waals surface area contributed by atoms with E-state index in [1.807, 2.05) is 18.1 Å². The standard InChI is InChI=1S/C17H15Cl2FN4/c1-23(24-11-21-10-22-24)17(8-12-2-5-14(20)6-3-12)15-7-4-13(18)9-16(15)19/h2-7,9-11,17H,8H2,1H3. The highest BCUT2D eigenvalue weighted by Crippen LogP contribution is 2.31. The van der Waals surface area contributed by atoms with Crippen LogP contribution in [0.4, 0.5) is 4.39 Å². The maximum Gasteiger partial charge on any atom is 0.139 e. The molecule has 0 aliphatic carbocycles. The van der Waals surface area contributed by atoms with Gasteiger partial charge in [0.15, 0.2) is 0 Å². The summed E-state index contributed by atoms with van der Waals surface area (Å²) in [7, 11) is 1.90. The topological polar surface area (TPSA) is 34.0 Å². The maximum atomic E-state index is 13.2. The van der Waals surface area contributed by atoms with Crippen LogP contribution >= 0.6 is 23.2 Å². The average molecular weight is 365 g/mol. The van der Waals surface area contributed by atoms with Crippen LogP contribution in [-0.2, 0) is 6.42 Å². The van der Waals surface area contributed by atoms with Gasteiger partial charge < -0.3 is 0 Å². The average Bonchev–Trinajstić information content (AvgIpc) is 3.09. The van der Waals surface area contributed by atoms with Crippen LogP contribution < -0.4 is 5.01 Å². The SMILES string of the molecule is CN(C(Cc1ccc(F)cc1)c1ccc(Cl)cc1Cl)n1cncn1. The lowest BCUT2D eigenvalue weighted by Gasteiger charge is -2.30. The fourth-order valence-corrected chi connectivity index (χ4v) is 3.10. The Kier molecular flexibility index (Phi) is 5.02. The number of rotatable bonds is 5. The van der Waals surface area contributed by atoms with Crippen molar-refractivity contribution in [2.75, 3.05) is 12.1 Å². The normalized spacial score (nSPS) is 12.2. The van der Waals surface area contributed by atoms with E-state index < -0.39 is 0 Å². The number of likely N-dealkylation sites (N-methyl/N-ethyl adjacent to an activating group) is 1. The predicted octanol–water partition coefficient (Wildman–Crippen LogP) is 4.28. The Labute approximate surface area is 149 Å². The van der Waals surface area contributed by atoms with Crippen LogP contribution in [-0.4, -0.2) is 21.9 Å². The Balaban J connectivity index is 1.98. The molecule has 0 saturated carbocycles. The van der Waals surface area contributed by atoms with Crippen LogP contribution in [0.2, 0.25) is 10.0 Å². The van der Waals surface area contributed by atoms with Gasteiger partial charge in [0, 0.05) is 17.1 Å². The largest absolute Gasteiger partial charge is 0.291 e. The first-order valence-electron chi connectivity index (χ1n) is 7.32. The molecule has 2 aromatic carbocycles. The van der Waals surface area contributed by atoms with E-state index in [1.165, 1.54) is 18.5 Å². The summed E-state index contributed by atoms with van der Waals surface area (Å²) in [5, 5.41) is 7.24. The molecule has 0 spiro atoms. The summed E-state index contributed by atoms with van der Waals surface area (Å²) >= 11 is 12.4. The molecule has 3 aromatic rings. The molecule has 0 saturated heterocycles. The zero-order valence-electron chi connectivity index (χ0n) is 12.9. The van der Waals surface area contributed by atoms with Crippen molar-refractivity contribution in [2.24, 2.45) is 0 Å². The van der Waals surface area contributed by atoms with Crippen molar-refractivity contribution in [3.63, 3.8) is 0 Å². The number of hydrogen-bond donors (Lipinski definition) is 0. The molecular formula is C17H15Cl2FN4. The Morgan fingerprint density at radius 1 is 1.17 bits per heavy atom. The van der Waals surface area contributed by atoms with Crippen LogP contribution in [0, 0.1) is 5.82 Å². The molecule has 0 N–H and O–H groups in total. The molecule has 0 aliphatic heterocycles. The van der Waals surface area contributed by atoms with Gasteiger partial charge in [-0.05, 0) is 41.8 Å². The number of benzene rings is 2. The van der Waals surface area contributed by atoms with Crippen molar-refractivity contribution in [3.05, 3.63) is 82.1 Å². The maximum absolute atomic E-state index is 13.2. The molecule has 124 valence electrons. The van der Waals surface area contributed by atoms with E-state index in [1.54, 1.807) is 35.4 Å². The van der Waals surface area contributed by atoms with E-state index in [0.29, 0.717) is 16.5 Å². The van der Waals surface area contributed by atoms with Crippen LogP contribution in [0.15, 0.2) is 55.1 Å². The molecule has 0 aliphatic rings. The van der Waals surface area contributed by atoms with Gasteiger partial charge in [-0.25, -0.2) is 9.37 Å². The quantitative estimate of drug-likeness (QED) is 0.677. The third-order valence-electron chi connectivity index (χ3n) is 3.84. The van der Waals surface area contributed by atoms with Crippen molar-refractivity contribution < 1.29 is 4.39 Å². The van der Waals surface area contributed by atoms with Gasteiger partial charge in [-0.2, -0.15) is 4.79 Å². The molecule has 0 amide bonds. The van der Waals surface area contributed by atoms with E-state index in [4.69, 9.17) is 23.2 Å². The molecule has 0 fully saturated rings. The fourth-order valence-electron chi connectivity index (χ4n) is 2.57. The Bertz CT molecular complexity index is 806. The van der Waals surface area contributed by atoms with E-state index in [9.17, 15) is 4.39 Å². The summed E-state index contributed by atoms with van der Waals surface area (Å²) in [5.74, 6) is -0.260. The Morgan fingerprint density at radius 2 is 1.92 bits per heavy atom. The van der Waals surface area contributed by atoms with Gasteiger partial charge in [0.1, 0.15) is 18.5 Å². The minimum Gasteiger partial charge on any atom is -0.291 e. The zero-order valence-corrected chi connectivity index (χ0v) is 14.4. The molecule has 1 heterocycles. The van der Waals surface area contributed by atoms with Gasteiger partial charge >= 0.3 is 0 Å². The molecule has 1 aromatic heterocycles. The fraction of sp³-hybridized carbons (Fsp3) is 0.176. The molecule has 24 heavy (non-hydrogen) atoms. The molecule has 0 bridgehead atoms. The molecule has 3 rings (SSSR count). The van der Waals surface area contributed by atoms with E-state index in [2.05, 4.69) is 10.1 Å². The predicted molar refractivity (Wildman–Crippen MR) is 93.5 cm³/mol. The van der Waals surface area contributed by atoms with Crippen LogP contribution in [0.25, 0.3) is 0 Å². The summed E-state index contributed by atoms with van der Waals surface area (Å²) in [6.07, 6.45) is 3.70. The van der Waals surface area contributed by atoms with Gasteiger partial charge in [-0.3, -0.25) is 5.01 Å². The minimum atomic E-state index is -0.260. The lowest BCUT2D eigenvalue weighted by Crippen LogP contribution is -2.36. The van der Waals surface area contributed by atoms with Crippen LogP contribution in [0.3, 0.4) is 0 Å². The van der Waals surface area contributed by atoms with Crippen molar-refractivity contribution in [2.45, 2.75) is 12.5 Å². The highest BCUT2D eigenvalue weighted by molar-refractivity contribution is 6.35. The molecule has 1 unspecified atom stereocenters. The summed E-state index contributed by atoms with van der Waals surface area (Å²) in [4.78, 5) is 5.62. The number of nitrogens with zero attached hydrogens (tertiary/aromatic N) is 4. The smallest absolute Gasteiger partial charge is 0.139 e. The summed E-state index contributed by atoms with van der Waals surface area (Å²) in [6.45, 7) is 0. The van der Waals surface area contributed by atoms with Crippen molar-refractivity contribution in [1.29, 1.82) is 0 Å². The first-order chi connectivity index (χ1) is 11.5. The summed E-state index contributed by atoms with van der Waals surface area (Å²) in [6, 6.07) is 11.7. The second kappa shape index (κ2) is 7.20. The molecule has 0 radical (unpaired) electrons. The number of halogens is 3. The van der Waals surface area contributed by atoms with Gasteiger partial charge in [-0.15, -0.1) is 5.10 Å². The van der Waals surface area contributed by atoms with Crippen LogP contribution in [0.1, 0.15) is 17.2 Å². The van der Waals surface area contributed by atoms with E-state index >= 15 is 0 Å².